The van der Waals surface area contributed by atoms with Gasteiger partial charge in [0.2, 0.25) is 5.75 Å². The van der Waals surface area contributed by atoms with Crippen molar-refractivity contribution in [1.29, 1.82) is 0 Å². The van der Waals surface area contributed by atoms with E-state index in [9.17, 15) is 4.79 Å². The average molecular weight is 359 g/mol. The van der Waals surface area contributed by atoms with E-state index in [4.69, 9.17) is 18.9 Å². The highest BCUT2D eigenvalue weighted by molar-refractivity contribution is 5.94. The van der Waals surface area contributed by atoms with Gasteiger partial charge in [-0.2, -0.15) is 0 Å². The van der Waals surface area contributed by atoms with Crippen LogP contribution in [0.15, 0.2) is 30.3 Å². The van der Waals surface area contributed by atoms with Crippen LogP contribution in [0.4, 0.5) is 0 Å². The van der Waals surface area contributed by atoms with E-state index < -0.39 is 0 Å². The lowest BCUT2D eigenvalue weighted by atomic mass is 10.1. The molecule has 6 nitrogen and oxygen atoms in total. The second-order valence-corrected chi connectivity index (χ2v) is 5.59. The number of amides is 1. The number of benzene rings is 2. The topological polar surface area (TPSA) is 66.0 Å². The molecule has 0 saturated heterocycles. The van der Waals surface area contributed by atoms with Crippen LogP contribution >= 0.6 is 0 Å². The van der Waals surface area contributed by atoms with E-state index in [1.54, 1.807) is 33.5 Å². The molecule has 2 rings (SSSR count). The third-order valence-electron chi connectivity index (χ3n) is 3.96. The first-order chi connectivity index (χ1) is 12.5. The summed E-state index contributed by atoms with van der Waals surface area (Å²) in [7, 11) is 4.66. The quantitative estimate of drug-likeness (QED) is 0.783. The fraction of sp³-hybridized carbons (Fsp3) is 0.350. The van der Waals surface area contributed by atoms with Crippen molar-refractivity contribution in [3.05, 3.63) is 47.0 Å². The lowest BCUT2D eigenvalue weighted by molar-refractivity contribution is 0.0950. The Labute approximate surface area is 154 Å². The molecule has 1 N–H and O–H groups in total. The van der Waals surface area contributed by atoms with Gasteiger partial charge in [-0.25, -0.2) is 0 Å². The molecule has 2 aromatic rings. The molecular formula is C20H25NO5. The first-order valence-corrected chi connectivity index (χ1v) is 8.35. The van der Waals surface area contributed by atoms with Crippen LogP contribution in [0.25, 0.3) is 0 Å². The molecule has 1 amide bonds. The van der Waals surface area contributed by atoms with Crippen LogP contribution in [0.5, 0.6) is 23.0 Å². The maximum atomic E-state index is 12.5. The van der Waals surface area contributed by atoms with Gasteiger partial charge in [0.05, 0.1) is 27.9 Å². The highest BCUT2D eigenvalue weighted by Gasteiger charge is 2.16. The summed E-state index contributed by atoms with van der Waals surface area (Å²) in [6.45, 7) is 4.73. The highest BCUT2D eigenvalue weighted by atomic mass is 16.5. The molecule has 140 valence electrons. The Balaban J connectivity index is 2.16. The van der Waals surface area contributed by atoms with E-state index in [-0.39, 0.29) is 5.91 Å². The minimum atomic E-state index is -0.173. The van der Waals surface area contributed by atoms with E-state index >= 15 is 0 Å². The molecule has 0 fully saturated rings. The number of hydrogen-bond acceptors (Lipinski definition) is 5. The SMILES string of the molecule is CCOc1ccc(C(=O)NCc2ccc(OC)c(OC)c2OC)cc1C. The van der Waals surface area contributed by atoms with Gasteiger partial charge in [-0.1, -0.05) is 0 Å². The zero-order valence-corrected chi connectivity index (χ0v) is 15.8. The third kappa shape index (κ3) is 4.20. The zero-order valence-electron chi connectivity index (χ0n) is 15.8. The van der Waals surface area contributed by atoms with Crippen molar-refractivity contribution >= 4 is 5.91 Å². The molecule has 6 heteroatoms. The molecule has 0 aliphatic rings. The number of nitrogens with one attached hydrogen (secondary N) is 1. The van der Waals surface area contributed by atoms with Gasteiger partial charge in [0.1, 0.15) is 5.75 Å². The summed E-state index contributed by atoms with van der Waals surface area (Å²) in [5.41, 5.74) is 2.29. The monoisotopic (exact) mass is 359 g/mol. The molecule has 0 radical (unpaired) electrons. The predicted molar refractivity (Wildman–Crippen MR) is 99.6 cm³/mol. The van der Waals surface area contributed by atoms with Crippen molar-refractivity contribution in [2.24, 2.45) is 0 Å². The van der Waals surface area contributed by atoms with Gasteiger partial charge >= 0.3 is 0 Å². The van der Waals surface area contributed by atoms with Crippen LogP contribution in [0, 0.1) is 6.92 Å². The molecule has 0 saturated carbocycles. The molecule has 0 heterocycles. The molecule has 0 unspecified atom stereocenters. The van der Waals surface area contributed by atoms with Crippen LogP contribution in [-0.4, -0.2) is 33.8 Å². The van der Waals surface area contributed by atoms with Gasteiger partial charge in [0.25, 0.3) is 5.91 Å². The van der Waals surface area contributed by atoms with Crippen LogP contribution in [0.3, 0.4) is 0 Å². The Morgan fingerprint density at radius 1 is 0.962 bits per heavy atom. The van der Waals surface area contributed by atoms with Crippen LogP contribution in [0.2, 0.25) is 0 Å². The van der Waals surface area contributed by atoms with E-state index in [2.05, 4.69) is 5.32 Å². The summed E-state index contributed by atoms with van der Waals surface area (Å²) in [6.07, 6.45) is 0. The van der Waals surface area contributed by atoms with E-state index in [1.807, 2.05) is 32.0 Å². The Hall–Kier alpha value is -2.89. The smallest absolute Gasteiger partial charge is 0.251 e. The van der Waals surface area contributed by atoms with Crippen molar-refractivity contribution < 1.29 is 23.7 Å². The maximum absolute atomic E-state index is 12.5. The third-order valence-corrected chi connectivity index (χ3v) is 3.96. The summed E-state index contributed by atoms with van der Waals surface area (Å²) < 4.78 is 21.6. The first kappa shape index (κ1) is 19.4. The number of rotatable bonds is 8. The van der Waals surface area contributed by atoms with Crippen molar-refractivity contribution in [3.63, 3.8) is 0 Å². The van der Waals surface area contributed by atoms with E-state index in [1.165, 1.54) is 0 Å². The molecule has 0 aliphatic heterocycles. The van der Waals surface area contributed by atoms with Gasteiger partial charge in [-0.15, -0.1) is 0 Å². The van der Waals surface area contributed by atoms with Gasteiger partial charge in [0, 0.05) is 17.7 Å². The maximum Gasteiger partial charge on any atom is 0.251 e. The first-order valence-electron chi connectivity index (χ1n) is 8.35. The predicted octanol–water partition coefficient (Wildman–Crippen LogP) is 3.35. The summed E-state index contributed by atoms with van der Waals surface area (Å²) in [5.74, 6) is 2.22. The van der Waals surface area contributed by atoms with Gasteiger partial charge in [0.15, 0.2) is 11.5 Å². The number of ether oxygens (including phenoxy) is 4. The zero-order chi connectivity index (χ0) is 19.1. The number of hydrogen-bond donors (Lipinski definition) is 1. The summed E-state index contributed by atoms with van der Waals surface area (Å²) in [4.78, 5) is 12.5. The molecule has 0 bridgehead atoms. The molecule has 0 atom stereocenters. The fourth-order valence-corrected chi connectivity index (χ4v) is 2.69. The molecule has 0 aliphatic carbocycles. The standard InChI is InChI=1S/C20H25NO5/c1-6-26-16-9-7-14(11-13(16)2)20(22)21-12-15-8-10-17(23-3)19(25-5)18(15)24-4/h7-11H,6,12H2,1-5H3,(H,21,22). The summed E-state index contributed by atoms with van der Waals surface area (Å²) in [6, 6.07) is 8.99. The summed E-state index contributed by atoms with van der Waals surface area (Å²) >= 11 is 0. The molecule has 2 aromatic carbocycles. The lowest BCUT2D eigenvalue weighted by Crippen LogP contribution is -2.23. The molecule has 0 aromatic heterocycles. The number of aryl methyl sites for hydroxylation is 1. The van der Waals surface area contributed by atoms with Crippen LogP contribution < -0.4 is 24.3 Å². The Kier molecular flexibility index (Phi) is 6.72. The Morgan fingerprint density at radius 2 is 1.65 bits per heavy atom. The van der Waals surface area contributed by atoms with Crippen LogP contribution in [-0.2, 0) is 6.54 Å². The highest BCUT2D eigenvalue weighted by Crippen LogP contribution is 2.39. The van der Waals surface area contributed by atoms with Crippen LogP contribution in [0.1, 0.15) is 28.4 Å². The second kappa shape index (κ2) is 8.99. The van der Waals surface area contributed by atoms with Gasteiger partial charge < -0.3 is 24.3 Å². The van der Waals surface area contributed by atoms with E-state index in [0.717, 1.165) is 16.9 Å². The largest absolute Gasteiger partial charge is 0.494 e. The van der Waals surface area contributed by atoms with Crippen molar-refractivity contribution in [2.75, 3.05) is 27.9 Å². The van der Waals surface area contributed by atoms with Crippen molar-refractivity contribution in [1.82, 2.24) is 5.32 Å². The average Bonchev–Trinajstić information content (AvgIpc) is 2.66. The molecular weight excluding hydrogens is 334 g/mol. The lowest BCUT2D eigenvalue weighted by Gasteiger charge is -2.16. The minimum Gasteiger partial charge on any atom is -0.494 e. The number of carbonyl (C=O) groups excluding carboxylic acids is 1. The Bertz CT molecular complexity index is 773. The number of carbonyl (C=O) groups is 1. The van der Waals surface area contributed by atoms with E-state index in [0.29, 0.717) is 36.0 Å². The molecule has 26 heavy (non-hydrogen) atoms. The van der Waals surface area contributed by atoms with Crippen molar-refractivity contribution in [2.45, 2.75) is 20.4 Å². The number of methoxy groups -OCH3 is 3. The minimum absolute atomic E-state index is 0.173. The normalized spacial score (nSPS) is 10.2. The van der Waals surface area contributed by atoms with Crippen molar-refractivity contribution in [3.8, 4) is 23.0 Å². The fourth-order valence-electron chi connectivity index (χ4n) is 2.69. The molecule has 0 spiro atoms. The van der Waals surface area contributed by atoms with Gasteiger partial charge in [-0.05, 0) is 49.7 Å². The summed E-state index contributed by atoms with van der Waals surface area (Å²) in [5, 5.41) is 2.90. The second-order valence-electron chi connectivity index (χ2n) is 5.59. The Morgan fingerprint density at radius 3 is 2.23 bits per heavy atom. The van der Waals surface area contributed by atoms with Gasteiger partial charge in [-0.3, -0.25) is 4.79 Å².